The number of amides is 1. The van der Waals surface area contributed by atoms with Crippen LogP contribution in [-0.2, 0) is 9.53 Å². The van der Waals surface area contributed by atoms with Gasteiger partial charge in [-0.2, -0.15) is 0 Å². The number of nitrogens with one attached hydrogen (secondary N) is 1. The van der Waals surface area contributed by atoms with Gasteiger partial charge in [0.05, 0.1) is 23.3 Å². The van der Waals surface area contributed by atoms with Crippen molar-refractivity contribution >= 4 is 23.1 Å². The van der Waals surface area contributed by atoms with E-state index in [-0.39, 0.29) is 17.3 Å². The number of carboxylic acids is 1. The van der Waals surface area contributed by atoms with Crippen molar-refractivity contribution in [3.8, 4) is 0 Å². The van der Waals surface area contributed by atoms with Gasteiger partial charge in [0.1, 0.15) is 17.5 Å². The molecule has 1 aromatic heterocycles. The van der Waals surface area contributed by atoms with Gasteiger partial charge in [0.25, 0.3) is 0 Å². The van der Waals surface area contributed by atoms with E-state index in [9.17, 15) is 14.8 Å². The maximum Gasteiger partial charge on any atom is 0.335 e. The lowest BCUT2D eigenvalue weighted by molar-refractivity contribution is -0.910. The summed E-state index contributed by atoms with van der Waals surface area (Å²) in [6, 6.07) is 9.29. The molecule has 0 saturated heterocycles. The zero-order chi connectivity index (χ0) is 25.1. The largest absolute Gasteiger partial charge is 0.497 e. The smallest absolute Gasteiger partial charge is 0.335 e. The molecule has 35 heavy (non-hydrogen) atoms. The molecule has 2 aliphatic carbocycles. The molecule has 2 aliphatic rings. The minimum atomic E-state index is -1.04. The summed E-state index contributed by atoms with van der Waals surface area (Å²) in [7, 11) is 0. The maximum atomic E-state index is 15.1. The standard InChI is InChI=1S/C27H29FN2O5/c1-3-35-23-13-4-16(2)25(28)24(23)19-9-12-22(30(34)15-19)21(14-17-5-6-17)26(31)29-20-10-7-18(8-11-20)27(32)33/h7-12,15,17,21H,3-6,13-14H2,1-2H3,(H2-,29,31,32,33,34)/p+1. The van der Waals surface area contributed by atoms with Gasteiger partial charge < -0.3 is 15.2 Å². The van der Waals surface area contributed by atoms with Crippen LogP contribution in [0.4, 0.5) is 10.1 Å². The van der Waals surface area contributed by atoms with Crippen molar-refractivity contribution in [1.82, 2.24) is 0 Å². The summed E-state index contributed by atoms with van der Waals surface area (Å²) >= 11 is 0. The number of hydrogen-bond donors (Lipinski definition) is 3. The number of hydrogen-bond acceptors (Lipinski definition) is 4. The molecule has 1 aromatic carbocycles. The lowest BCUT2D eigenvalue weighted by atomic mass is 9.91. The van der Waals surface area contributed by atoms with Gasteiger partial charge in [-0.05, 0) is 68.5 Å². The SMILES string of the molecule is CCOC1=C(c2ccc(C(CC3CC3)C(=O)Nc3ccc(C(=O)O)cc3)[n+](O)c2)C(F)=C(C)CC1. The molecule has 4 rings (SSSR count). The van der Waals surface area contributed by atoms with Crippen LogP contribution in [0.2, 0.25) is 0 Å². The first-order valence-electron chi connectivity index (χ1n) is 11.9. The Labute approximate surface area is 203 Å². The molecule has 1 saturated carbocycles. The Morgan fingerprint density at radius 1 is 1.17 bits per heavy atom. The number of benzene rings is 1. The first-order chi connectivity index (χ1) is 16.8. The van der Waals surface area contributed by atoms with E-state index in [0.717, 1.165) is 17.6 Å². The van der Waals surface area contributed by atoms with Crippen LogP contribution >= 0.6 is 0 Å². The van der Waals surface area contributed by atoms with Crippen LogP contribution in [0.15, 0.2) is 59.8 Å². The normalized spacial score (nSPS) is 16.8. The molecule has 7 nitrogen and oxygen atoms in total. The monoisotopic (exact) mass is 481 g/mol. The highest BCUT2D eigenvalue weighted by Crippen LogP contribution is 2.40. The number of carbonyl (C=O) groups excluding carboxylic acids is 1. The highest BCUT2D eigenvalue weighted by molar-refractivity contribution is 5.96. The molecular weight excluding hydrogens is 451 g/mol. The Balaban J connectivity index is 1.63. The number of aromatic nitrogens is 1. The van der Waals surface area contributed by atoms with Crippen LogP contribution in [0.3, 0.4) is 0 Å². The van der Waals surface area contributed by atoms with Crippen LogP contribution in [0, 0.1) is 5.92 Å². The van der Waals surface area contributed by atoms with Gasteiger partial charge in [0, 0.05) is 22.9 Å². The van der Waals surface area contributed by atoms with Crippen molar-refractivity contribution in [2.24, 2.45) is 5.92 Å². The number of ether oxygens (including phenoxy) is 1. The highest BCUT2D eigenvalue weighted by atomic mass is 19.1. The third kappa shape index (κ3) is 5.53. The van der Waals surface area contributed by atoms with Crippen molar-refractivity contribution in [1.29, 1.82) is 0 Å². The number of anilines is 1. The zero-order valence-corrected chi connectivity index (χ0v) is 19.9. The molecule has 1 amide bonds. The number of allylic oxidation sites excluding steroid dienone is 4. The second kappa shape index (κ2) is 10.3. The van der Waals surface area contributed by atoms with Crippen LogP contribution in [0.1, 0.15) is 73.5 Å². The van der Waals surface area contributed by atoms with Crippen molar-refractivity contribution in [2.45, 2.75) is 51.9 Å². The Hall–Kier alpha value is -3.68. The molecule has 0 spiro atoms. The van der Waals surface area contributed by atoms with Crippen molar-refractivity contribution < 1.29 is 33.8 Å². The van der Waals surface area contributed by atoms with Crippen LogP contribution in [0.5, 0.6) is 0 Å². The molecule has 1 unspecified atom stereocenters. The van der Waals surface area contributed by atoms with Gasteiger partial charge >= 0.3 is 5.97 Å². The predicted octanol–water partition coefficient (Wildman–Crippen LogP) is 5.22. The second-order valence-corrected chi connectivity index (χ2v) is 9.12. The van der Waals surface area contributed by atoms with Crippen molar-refractivity contribution in [3.05, 3.63) is 76.6 Å². The number of nitrogens with zero attached hydrogens (tertiary/aromatic N) is 1. The van der Waals surface area contributed by atoms with E-state index in [1.165, 1.54) is 30.5 Å². The molecule has 0 aliphatic heterocycles. The van der Waals surface area contributed by atoms with Crippen molar-refractivity contribution in [3.63, 3.8) is 0 Å². The van der Waals surface area contributed by atoms with Gasteiger partial charge in [0.15, 0.2) is 0 Å². The van der Waals surface area contributed by atoms with E-state index in [1.807, 2.05) is 6.92 Å². The summed E-state index contributed by atoms with van der Waals surface area (Å²) in [6.07, 6.45) is 5.22. The molecule has 0 bridgehead atoms. The predicted molar refractivity (Wildman–Crippen MR) is 128 cm³/mol. The van der Waals surface area contributed by atoms with Crippen molar-refractivity contribution in [2.75, 3.05) is 11.9 Å². The number of carbonyl (C=O) groups is 2. The summed E-state index contributed by atoms with van der Waals surface area (Å²) in [5, 5.41) is 22.8. The van der Waals surface area contributed by atoms with Gasteiger partial charge in [0.2, 0.25) is 17.8 Å². The molecule has 1 heterocycles. The summed E-state index contributed by atoms with van der Waals surface area (Å²) in [5.41, 5.74) is 2.45. The number of carboxylic acid groups (broad SMARTS) is 1. The molecular formula is C27H30FN2O5+. The van der Waals surface area contributed by atoms with E-state index in [1.54, 1.807) is 19.1 Å². The lowest BCUT2D eigenvalue weighted by Crippen LogP contribution is -2.40. The average Bonchev–Trinajstić information content (AvgIpc) is 3.65. The Morgan fingerprint density at radius 3 is 2.49 bits per heavy atom. The Morgan fingerprint density at radius 2 is 1.89 bits per heavy atom. The minimum Gasteiger partial charge on any atom is -0.497 e. The van der Waals surface area contributed by atoms with E-state index in [2.05, 4.69) is 5.32 Å². The third-order valence-corrected chi connectivity index (χ3v) is 6.51. The fourth-order valence-electron chi connectivity index (χ4n) is 4.38. The van der Waals surface area contributed by atoms with Crippen LogP contribution in [-0.4, -0.2) is 28.8 Å². The zero-order valence-electron chi connectivity index (χ0n) is 19.9. The first kappa shape index (κ1) is 24.4. The molecule has 2 aromatic rings. The van der Waals surface area contributed by atoms with Gasteiger partial charge in [-0.3, -0.25) is 10.0 Å². The molecule has 184 valence electrons. The van der Waals surface area contributed by atoms with E-state index >= 15 is 4.39 Å². The fraction of sp³-hybridized carbons (Fsp3) is 0.370. The molecule has 8 heteroatoms. The van der Waals surface area contributed by atoms with Gasteiger partial charge in [-0.15, -0.1) is 0 Å². The lowest BCUT2D eigenvalue weighted by Gasteiger charge is -2.20. The number of aromatic carboxylic acids is 1. The molecule has 0 radical (unpaired) electrons. The van der Waals surface area contributed by atoms with Gasteiger partial charge in [-0.1, -0.05) is 12.8 Å². The van der Waals surface area contributed by atoms with Crippen LogP contribution < -0.4 is 10.0 Å². The minimum absolute atomic E-state index is 0.126. The summed E-state index contributed by atoms with van der Waals surface area (Å²) in [4.78, 5) is 24.3. The second-order valence-electron chi connectivity index (χ2n) is 9.12. The molecule has 1 atom stereocenters. The topological polar surface area (TPSA) is 99.7 Å². The van der Waals surface area contributed by atoms with E-state index < -0.39 is 11.9 Å². The first-order valence-corrected chi connectivity index (χ1v) is 11.9. The maximum absolute atomic E-state index is 15.1. The summed E-state index contributed by atoms with van der Waals surface area (Å²) in [6.45, 7) is 4.01. The van der Waals surface area contributed by atoms with E-state index in [0.29, 0.717) is 65.6 Å². The quantitative estimate of drug-likeness (QED) is 0.337. The highest BCUT2D eigenvalue weighted by Gasteiger charge is 2.37. The molecule has 1 fully saturated rings. The number of rotatable bonds is 9. The Bertz CT molecular complexity index is 1190. The molecule has 3 N–H and O–H groups in total. The number of halogens is 1. The number of pyridine rings is 1. The van der Waals surface area contributed by atoms with Crippen LogP contribution in [0.25, 0.3) is 5.57 Å². The fourth-order valence-corrected chi connectivity index (χ4v) is 4.38. The Kier molecular flexibility index (Phi) is 7.19. The van der Waals surface area contributed by atoms with E-state index in [4.69, 9.17) is 9.84 Å². The summed E-state index contributed by atoms with van der Waals surface area (Å²) < 4.78 is 21.7. The third-order valence-electron chi connectivity index (χ3n) is 6.51. The average molecular weight is 482 g/mol. The van der Waals surface area contributed by atoms with Gasteiger partial charge in [-0.25, -0.2) is 9.18 Å². The summed E-state index contributed by atoms with van der Waals surface area (Å²) in [5.74, 6) is -1.37.